The van der Waals surface area contributed by atoms with Gasteiger partial charge in [-0.15, -0.1) is 0 Å². The summed E-state index contributed by atoms with van der Waals surface area (Å²) in [6.45, 7) is 6.34. The number of piperazine rings is 1. The van der Waals surface area contributed by atoms with Crippen molar-refractivity contribution in [1.29, 1.82) is 0 Å². The van der Waals surface area contributed by atoms with Gasteiger partial charge in [-0.3, -0.25) is 14.5 Å². The number of para-hydroxylation sites is 2. The summed E-state index contributed by atoms with van der Waals surface area (Å²) >= 11 is 0. The summed E-state index contributed by atoms with van der Waals surface area (Å²) in [5.74, 6) is 1.58. The molecule has 0 bridgehead atoms. The van der Waals surface area contributed by atoms with Crippen molar-refractivity contribution in [2.75, 3.05) is 51.3 Å². The van der Waals surface area contributed by atoms with E-state index >= 15 is 0 Å². The standard InChI is InChI=1S/C20H29N3O3/c1-16-6-5-10-22(14-16)19(24)9-11-21-12-13-23(20(25)15-21)17-7-3-4-8-18(17)26-2/h3-4,7-8,16H,5-6,9-15H2,1-2H3. The number of ether oxygens (including phenoxy) is 1. The lowest BCUT2D eigenvalue weighted by atomic mass is 10.00. The number of carbonyl (C=O) groups is 2. The van der Waals surface area contributed by atoms with E-state index in [9.17, 15) is 9.59 Å². The average molecular weight is 359 g/mol. The van der Waals surface area contributed by atoms with Gasteiger partial charge in [0.25, 0.3) is 0 Å². The lowest BCUT2D eigenvalue weighted by Gasteiger charge is -2.35. The zero-order chi connectivity index (χ0) is 18.5. The van der Waals surface area contributed by atoms with Gasteiger partial charge in [-0.25, -0.2) is 0 Å². The zero-order valence-electron chi connectivity index (χ0n) is 15.8. The SMILES string of the molecule is COc1ccccc1N1CCN(CCC(=O)N2CCCC(C)C2)CC1=O. The Hall–Kier alpha value is -2.08. The second-order valence-corrected chi connectivity index (χ2v) is 7.33. The molecule has 1 aromatic carbocycles. The molecule has 0 radical (unpaired) electrons. The van der Waals surface area contributed by atoms with Crippen LogP contribution in [-0.2, 0) is 9.59 Å². The van der Waals surface area contributed by atoms with Gasteiger partial charge in [-0.2, -0.15) is 0 Å². The van der Waals surface area contributed by atoms with Gasteiger partial charge in [0.1, 0.15) is 5.75 Å². The number of hydrogen-bond acceptors (Lipinski definition) is 4. The van der Waals surface area contributed by atoms with Crippen LogP contribution in [0.4, 0.5) is 5.69 Å². The van der Waals surface area contributed by atoms with Crippen LogP contribution in [0.3, 0.4) is 0 Å². The van der Waals surface area contributed by atoms with E-state index < -0.39 is 0 Å². The maximum absolute atomic E-state index is 12.6. The highest BCUT2D eigenvalue weighted by Gasteiger charge is 2.28. The molecule has 2 fully saturated rings. The van der Waals surface area contributed by atoms with Gasteiger partial charge in [0, 0.05) is 39.1 Å². The molecule has 2 aliphatic rings. The number of hydrogen-bond donors (Lipinski definition) is 0. The predicted octanol–water partition coefficient (Wildman–Crippen LogP) is 1.99. The van der Waals surface area contributed by atoms with Gasteiger partial charge in [-0.05, 0) is 30.9 Å². The van der Waals surface area contributed by atoms with Crippen LogP contribution in [0.25, 0.3) is 0 Å². The highest BCUT2D eigenvalue weighted by atomic mass is 16.5. The molecule has 1 atom stereocenters. The third kappa shape index (κ3) is 4.36. The first-order valence-electron chi connectivity index (χ1n) is 9.52. The van der Waals surface area contributed by atoms with Crippen LogP contribution in [0, 0.1) is 5.92 Å². The summed E-state index contributed by atoms with van der Waals surface area (Å²) in [4.78, 5) is 30.9. The van der Waals surface area contributed by atoms with E-state index in [1.165, 1.54) is 6.42 Å². The predicted molar refractivity (Wildman–Crippen MR) is 101 cm³/mol. The Morgan fingerprint density at radius 2 is 2.04 bits per heavy atom. The van der Waals surface area contributed by atoms with Gasteiger partial charge < -0.3 is 14.5 Å². The van der Waals surface area contributed by atoms with E-state index in [4.69, 9.17) is 4.74 Å². The second-order valence-electron chi connectivity index (χ2n) is 7.33. The zero-order valence-corrected chi connectivity index (χ0v) is 15.8. The Kier molecular flexibility index (Phi) is 6.14. The topological polar surface area (TPSA) is 53.1 Å². The van der Waals surface area contributed by atoms with E-state index in [1.54, 1.807) is 12.0 Å². The minimum atomic E-state index is 0.0554. The number of benzene rings is 1. The van der Waals surface area contributed by atoms with E-state index in [0.29, 0.717) is 37.7 Å². The summed E-state index contributed by atoms with van der Waals surface area (Å²) in [6, 6.07) is 7.59. The molecular weight excluding hydrogens is 330 g/mol. The molecule has 2 saturated heterocycles. The summed E-state index contributed by atoms with van der Waals surface area (Å²) in [5.41, 5.74) is 0.818. The molecule has 26 heavy (non-hydrogen) atoms. The minimum Gasteiger partial charge on any atom is -0.495 e. The normalized spacial score (nSPS) is 21.8. The van der Waals surface area contributed by atoms with Crippen molar-refractivity contribution in [3.8, 4) is 5.75 Å². The van der Waals surface area contributed by atoms with Crippen LogP contribution in [-0.4, -0.2) is 68.0 Å². The Morgan fingerprint density at radius 1 is 1.23 bits per heavy atom. The molecular formula is C20H29N3O3. The molecule has 0 spiro atoms. The summed E-state index contributed by atoms with van der Waals surface area (Å²) < 4.78 is 5.37. The summed E-state index contributed by atoms with van der Waals surface area (Å²) in [5, 5.41) is 0. The Bertz CT molecular complexity index is 649. The van der Waals surface area contributed by atoms with Crippen molar-refractivity contribution in [2.45, 2.75) is 26.2 Å². The van der Waals surface area contributed by atoms with Gasteiger partial charge in [0.2, 0.25) is 11.8 Å². The smallest absolute Gasteiger partial charge is 0.241 e. The average Bonchev–Trinajstić information content (AvgIpc) is 2.66. The van der Waals surface area contributed by atoms with E-state index in [0.717, 1.165) is 31.7 Å². The Morgan fingerprint density at radius 3 is 2.77 bits per heavy atom. The maximum atomic E-state index is 12.6. The van der Waals surface area contributed by atoms with Gasteiger partial charge in [0.15, 0.2) is 0 Å². The van der Waals surface area contributed by atoms with Gasteiger partial charge in [-0.1, -0.05) is 19.1 Å². The number of likely N-dealkylation sites (tertiary alicyclic amines) is 1. The van der Waals surface area contributed by atoms with Crippen LogP contribution in [0.2, 0.25) is 0 Å². The molecule has 0 N–H and O–H groups in total. The van der Waals surface area contributed by atoms with Crippen molar-refractivity contribution in [1.82, 2.24) is 9.80 Å². The molecule has 0 aliphatic carbocycles. The van der Waals surface area contributed by atoms with Crippen LogP contribution < -0.4 is 9.64 Å². The Balaban J connectivity index is 1.51. The molecule has 2 aliphatic heterocycles. The van der Waals surface area contributed by atoms with E-state index in [2.05, 4.69) is 11.8 Å². The fraction of sp³-hybridized carbons (Fsp3) is 0.600. The molecule has 6 heteroatoms. The molecule has 2 amide bonds. The fourth-order valence-electron chi connectivity index (χ4n) is 3.85. The molecule has 0 aromatic heterocycles. The quantitative estimate of drug-likeness (QED) is 0.807. The Labute approximate surface area is 155 Å². The molecule has 142 valence electrons. The first kappa shape index (κ1) is 18.7. The molecule has 6 nitrogen and oxygen atoms in total. The third-order valence-electron chi connectivity index (χ3n) is 5.33. The van der Waals surface area contributed by atoms with Crippen LogP contribution in [0.5, 0.6) is 5.75 Å². The fourth-order valence-corrected chi connectivity index (χ4v) is 3.85. The monoisotopic (exact) mass is 359 g/mol. The van der Waals surface area contributed by atoms with Gasteiger partial charge in [0.05, 0.1) is 19.3 Å². The van der Waals surface area contributed by atoms with Crippen molar-refractivity contribution < 1.29 is 14.3 Å². The lowest BCUT2D eigenvalue weighted by molar-refractivity contribution is -0.133. The number of rotatable bonds is 5. The number of piperidine rings is 1. The van der Waals surface area contributed by atoms with Crippen LogP contribution >= 0.6 is 0 Å². The highest BCUT2D eigenvalue weighted by molar-refractivity contribution is 5.97. The van der Waals surface area contributed by atoms with Gasteiger partial charge >= 0.3 is 0 Å². The molecule has 3 rings (SSSR count). The van der Waals surface area contributed by atoms with E-state index in [-0.39, 0.29) is 11.8 Å². The summed E-state index contributed by atoms with van der Waals surface area (Å²) in [7, 11) is 1.62. The number of carbonyl (C=O) groups excluding carboxylic acids is 2. The van der Waals surface area contributed by atoms with Crippen LogP contribution in [0.15, 0.2) is 24.3 Å². The van der Waals surface area contributed by atoms with Crippen molar-refractivity contribution in [3.63, 3.8) is 0 Å². The molecule has 0 saturated carbocycles. The van der Waals surface area contributed by atoms with E-state index in [1.807, 2.05) is 29.2 Å². The molecule has 1 aromatic rings. The summed E-state index contributed by atoms with van der Waals surface area (Å²) in [6.07, 6.45) is 2.81. The number of methoxy groups -OCH3 is 1. The van der Waals surface area contributed by atoms with Crippen molar-refractivity contribution >= 4 is 17.5 Å². The highest BCUT2D eigenvalue weighted by Crippen LogP contribution is 2.28. The second kappa shape index (κ2) is 8.54. The molecule has 1 unspecified atom stereocenters. The van der Waals surface area contributed by atoms with Crippen molar-refractivity contribution in [3.05, 3.63) is 24.3 Å². The lowest BCUT2D eigenvalue weighted by Crippen LogP contribution is -2.51. The maximum Gasteiger partial charge on any atom is 0.241 e. The largest absolute Gasteiger partial charge is 0.495 e. The first-order valence-corrected chi connectivity index (χ1v) is 9.52. The number of anilines is 1. The number of amides is 2. The van der Waals surface area contributed by atoms with Crippen LogP contribution in [0.1, 0.15) is 26.2 Å². The number of nitrogens with zero attached hydrogens (tertiary/aromatic N) is 3. The van der Waals surface area contributed by atoms with Crippen molar-refractivity contribution in [2.24, 2.45) is 5.92 Å². The first-order chi connectivity index (χ1) is 12.6. The molecule has 2 heterocycles. The third-order valence-corrected chi connectivity index (χ3v) is 5.33. The minimum absolute atomic E-state index is 0.0554.